The van der Waals surface area contributed by atoms with Crippen LogP contribution < -0.4 is 0 Å². The Bertz CT molecular complexity index is 1030. The highest BCUT2D eigenvalue weighted by molar-refractivity contribution is 6.53. The lowest BCUT2D eigenvalue weighted by molar-refractivity contribution is 0.171. The fourth-order valence-electron chi connectivity index (χ4n) is 5.79. The van der Waals surface area contributed by atoms with Gasteiger partial charge in [-0.1, -0.05) is 129 Å². The van der Waals surface area contributed by atoms with Crippen molar-refractivity contribution in [1.29, 1.82) is 0 Å². The van der Waals surface area contributed by atoms with Gasteiger partial charge in [-0.25, -0.2) is 4.99 Å². The average molecular weight is 586 g/mol. The molecule has 0 aromatic carbocycles. The second-order valence-corrected chi connectivity index (χ2v) is 12.2. The number of rotatable bonds is 23. The van der Waals surface area contributed by atoms with Crippen LogP contribution in [-0.4, -0.2) is 17.8 Å². The summed E-state index contributed by atoms with van der Waals surface area (Å²) in [5, 5.41) is 0. The number of aromatic amines is 1. The van der Waals surface area contributed by atoms with Crippen LogP contribution in [0.25, 0.3) is 5.76 Å². The molecule has 2 aliphatic heterocycles. The van der Waals surface area contributed by atoms with Crippen LogP contribution in [0, 0.1) is 0 Å². The molecule has 0 saturated carbocycles. The molecule has 0 radical (unpaired) electrons. The Morgan fingerprint density at radius 3 is 1.74 bits per heavy atom. The fourth-order valence-corrected chi connectivity index (χ4v) is 5.79. The zero-order valence-corrected chi connectivity index (χ0v) is 26.5. The van der Waals surface area contributed by atoms with Gasteiger partial charge in [0.2, 0.25) is 0 Å². The van der Waals surface area contributed by atoms with Crippen molar-refractivity contribution in [2.24, 2.45) is 4.99 Å². The Hall–Kier alpha value is -2.31. The summed E-state index contributed by atoms with van der Waals surface area (Å²) in [4.78, 5) is 7.89. The largest absolute Gasteiger partial charge is 0.726 e. The van der Waals surface area contributed by atoms with Crippen molar-refractivity contribution in [3.8, 4) is 0 Å². The summed E-state index contributed by atoms with van der Waals surface area (Å²) in [7, 11) is -4.46. The number of nitrogens with zero attached hydrogens (tertiary/aromatic N) is 1. The highest BCUT2D eigenvalue weighted by atomic mass is 19.3. The molecule has 0 aliphatic carbocycles. The van der Waals surface area contributed by atoms with Gasteiger partial charge in [-0.2, -0.15) is 0 Å². The predicted octanol–water partition coefficient (Wildman–Crippen LogP) is 11.8. The molecule has 1 N–H and O–H groups in total. The maximum atomic E-state index is 14.5. The third-order valence-corrected chi connectivity index (χ3v) is 8.34. The van der Waals surface area contributed by atoms with E-state index in [9.17, 15) is 8.63 Å². The molecular weight excluding hydrogens is 529 g/mol. The molecule has 7 heteroatoms. The van der Waals surface area contributed by atoms with Gasteiger partial charge in [0.05, 0.1) is 5.69 Å². The Morgan fingerprint density at radius 2 is 1.17 bits per heavy atom. The van der Waals surface area contributed by atoms with E-state index < -0.39 is 7.11 Å². The summed E-state index contributed by atoms with van der Waals surface area (Å²) in [6.07, 6.45) is 32.8. The van der Waals surface area contributed by atoms with E-state index in [1.165, 1.54) is 116 Å². The van der Waals surface area contributed by atoms with Crippen LogP contribution in [0.5, 0.6) is 0 Å². The topological polar surface area (TPSA) is 46.6 Å². The molecule has 3 heterocycles. The van der Waals surface area contributed by atoms with Gasteiger partial charge >= 0.3 is 7.11 Å². The molecule has 4 nitrogen and oxygen atoms in total. The van der Waals surface area contributed by atoms with Crippen molar-refractivity contribution in [3.63, 3.8) is 0 Å². The number of aliphatic imine (C=N–C) groups is 1. The Labute approximate surface area is 254 Å². The van der Waals surface area contributed by atoms with Gasteiger partial charge in [0.1, 0.15) is 17.2 Å². The Morgan fingerprint density at radius 1 is 0.643 bits per heavy atom. The van der Waals surface area contributed by atoms with Gasteiger partial charge in [0, 0.05) is 17.5 Å². The van der Waals surface area contributed by atoms with Crippen LogP contribution in [0.4, 0.5) is 8.63 Å². The van der Waals surface area contributed by atoms with Crippen molar-refractivity contribution < 1.29 is 17.9 Å². The average Bonchev–Trinajstić information content (AvgIpc) is 3.64. The maximum absolute atomic E-state index is 14.5. The first-order valence-electron chi connectivity index (χ1n) is 17.3. The van der Waals surface area contributed by atoms with Crippen LogP contribution in [0.3, 0.4) is 0 Å². The lowest BCUT2D eigenvalue weighted by Gasteiger charge is -2.34. The van der Waals surface area contributed by atoms with Gasteiger partial charge in [-0.05, 0) is 50.0 Å². The number of aromatic nitrogens is 1. The predicted molar refractivity (Wildman–Crippen MR) is 175 cm³/mol. The number of hydrogen-bond donors (Lipinski definition) is 1. The number of allylic oxidation sites excluding steroid dienone is 3. The molecule has 0 fully saturated rings. The molecule has 42 heavy (non-hydrogen) atoms. The molecule has 0 unspecified atom stereocenters. The van der Waals surface area contributed by atoms with E-state index in [-0.39, 0.29) is 11.5 Å². The summed E-state index contributed by atoms with van der Waals surface area (Å²) < 4.78 is 38.9. The second-order valence-electron chi connectivity index (χ2n) is 12.2. The maximum Gasteiger partial charge on any atom is 0.726 e. The summed E-state index contributed by atoms with van der Waals surface area (Å²) in [6.45, 7) is 4.51. The normalized spacial score (nSPS) is 17.7. The number of halogens is 2. The fraction of sp³-hybridized carbons (Fsp3) is 0.686. The van der Waals surface area contributed by atoms with E-state index in [4.69, 9.17) is 9.31 Å². The first-order valence-corrected chi connectivity index (χ1v) is 17.3. The number of nitrogens with one attached hydrogen (secondary N) is 1. The highest BCUT2D eigenvalue weighted by Gasteiger charge is 2.39. The molecule has 0 amide bonds. The zero-order chi connectivity index (χ0) is 29.9. The molecule has 0 spiro atoms. The number of aryl methyl sites for hydroxylation is 1. The van der Waals surface area contributed by atoms with E-state index in [1.807, 2.05) is 18.2 Å². The molecule has 0 atom stereocenters. The van der Waals surface area contributed by atoms with Crippen molar-refractivity contribution in [3.05, 3.63) is 53.2 Å². The Kier molecular flexibility index (Phi) is 16.1. The monoisotopic (exact) mass is 585 g/mol. The van der Waals surface area contributed by atoms with Crippen LogP contribution in [0.1, 0.15) is 160 Å². The van der Waals surface area contributed by atoms with E-state index in [1.54, 1.807) is 12.2 Å². The lowest BCUT2D eigenvalue weighted by Crippen LogP contribution is -2.34. The summed E-state index contributed by atoms with van der Waals surface area (Å²) >= 11 is 0. The van der Waals surface area contributed by atoms with Gasteiger partial charge in [-0.15, -0.1) is 0 Å². The molecule has 2 aliphatic rings. The van der Waals surface area contributed by atoms with Crippen LogP contribution in [-0.2, 0) is 15.7 Å². The number of H-pyrrole nitrogens is 1. The van der Waals surface area contributed by atoms with E-state index in [2.05, 4.69) is 23.8 Å². The number of hydrogen-bond acceptors (Lipinski definition) is 3. The summed E-state index contributed by atoms with van der Waals surface area (Å²) in [6, 6.07) is 3.79. The first kappa shape index (κ1) is 34.2. The second kappa shape index (κ2) is 19.8. The minimum Gasteiger partial charge on any atom is -0.626 e. The lowest BCUT2D eigenvalue weighted by atomic mass is 10.0. The van der Waals surface area contributed by atoms with Crippen LogP contribution in [0.15, 0.2) is 46.8 Å². The van der Waals surface area contributed by atoms with Crippen molar-refractivity contribution in [2.45, 2.75) is 155 Å². The van der Waals surface area contributed by atoms with Gasteiger partial charge in [-0.3, -0.25) is 0 Å². The van der Waals surface area contributed by atoms with Crippen molar-refractivity contribution in [1.82, 2.24) is 4.98 Å². The van der Waals surface area contributed by atoms with Gasteiger partial charge in [0.15, 0.2) is 0 Å². The van der Waals surface area contributed by atoms with E-state index in [0.717, 1.165) is 37.1 Å². The molecule has 0 saturated heterocycles. The molecule has 0 bridgehead atoms. The van der Waals surface area contributed by atoms with Crippen molar-refractivity contribution >= 4 is 18.6 Å². The SMILES string of the molecule is CCCCCCCCCCCCC1=N/C(=C2/C=C(c3ccc(CCCCCCCCCCCC)[nH]3)O[B-](F)(F)O2)C=C1. The van der Waals surface area contributed by atoms with E-state index in [0.29, 0.717) is 11.4 Å². The van der Waals surface area contributed by atoms with Crippen LogP contribution in [0.2, 0.25) is 0 Å². The molecule has 3 rings (SSSR count). The zero-order valence-electron chi connectivity index (χ0n) is 26.5. The molecule has 1 aromatic heterocycles. The minimum absolute atomic E-state index is 0.0708. The quantitative estimate of drug-likeness (QED) is 0.103. The molecular formula is C35H56BF2N2O2-. The molecule has 236 valence electrons. The number of unbranched alkanes of at least 4 members (excludes halogenated alkanes) is 18. The first-order chi connectivity index (χ1) is 20.5. The highest BCUT2D eigenvalue weighted by Crippen LogP contribution is 2.34. The molecule has 1 aromatic rings. The third-order valence-electron chi connectivity index (χ3n) is 8.34. The van der Waals surface area contributed by atoms with Gasteiger partial charge in [0.25, 0.3) is 0 Å². The Balaban J connectivity index is 1.41. The van der Waals surface area contributed by atoms with Crippen molar-refractivity contribution in [2.75, 3.05) is 0 Å². The van der Waals surface area contributed by atoms with Gasteiger partial charge < -0.3 is 22.9 Å². The van der Waals surface area contributed by atoms with Crippen LogP contribution >= 0.6 is 0 Å². The summed E-state index contributed by atoms with van der Waals surface area (Å²) in [5.74, 6) is 0.177. The standard InChI is InChI=1S/C35H56BF2N2O2/c1-3-5-7-9-11-13-15-17-19-21-23-30-25-27-32(39-30)34-29-35(42-36(37,38)41-34)33-28-26-31(40-33)24-22-20-18-16-14-12-10-8-6-4-2/h25-29,39H,3-24H2,1-2H3/q-1/b35-33-. The van der Waals surface area contributed by atoms with E-state index >= 15 is 0 Å². The minimum atomic E-state index is -4.46. The third kappa shape index (κ3) is 13.3. The summed E-state index contributed by atoms with van der Waals surface area (Å²) in [5.41, 5.74) is 2.97. The smallest absolute Gasteiger partial charge is 0.626 e.